The van der Waals surface area contributed by atoms with Crippen LogP contribution in [0, 0.1) is 0 Å². The second kappa shape index (κ2) is 7.60. The van der Waals surface area contributed by atoms with Crippen LogP contribution in [0.15, 0.2) is 23.1 Å². The summed E-state index contributed by atoms with van der Waals surface area (Å²) < 4.78 is 21.8. The van der Waals surface area contributed by atoms with Crippen molar-refractivity contribution in [3.8, 4) is 0 Å². The molecule has 0 aliphatic carbocycles. The Morgan fingerprint density at radius 2 is 1.94 bits per heavy atom. The van der Waals surface area contributed by atoms with Crippen LogP contribution < -0.4 is 5.32 Å². The Labute approximate surface area is 122 Å². The number of benzene rings is 1. The summed E-state index contributed by atoms with van der Waals surface area (Å²) in [4.78, 5) is 1.05. The van der Waals surface area contributed by atoms with Crippen molar-refractivity contribution in [1.29, 1.82) is 0 Å². The van der Waals surface area contributed by atoms with Gasteiger partial charge in [-0.3, -0.25) is 0 Å². The molecule has 1 aromatic carbocycles. The predicted molar refractivity (Wildman–Crippen MR) is 79.8 cm³/mol. The molecule has 1 aromatic rings. The lowest BCUT2D eigenvalue weighted by Gasteiger charge is -2.05. The van der Waals surface area contributed by atoms with Gasteiger partial charge in [-0.1, -0.05) is 23.2 Å². The molecule has 0 aromatic heterocycles. The van der Waals surface area contributed by atoms with Gasteiger partial charge in [0.2, 0.25) is 0 Å². The normalized spacial score (nSPS) is 11.7. The van der Waals surface area contributed by atoms with Crippen LogP contribution in [0.4, 0.5) is 0 Å². The van der Waals surface area contributed by atoms with E-state index in [1.54, 1.807) is 17.8 Å². The number of thioether (sulfide) groups is 1. The van der Waals surface area contributed by atoms with Gasteiger partial charge in [-0.05, 0) is 18.2 Å². The summed E-state index contributed by atoms with van der Waals surface area (Å²) in [5, 5.41) is 4.18. The van der Waals surface area contributed by atoms with Crippen LogP contribution in [0.5, 0.6) is 0 Å². The first-order valence-corrected chi connectivity index (χ1v) is 9.15. The second-order valence-corrected chi connectivity index (χ2v) is 8.05. The molecule has 7 heteroatoms. The van der Waals surface area contributed by atoms with Crippen LogP contribution in [0.1, 0.15) is 0 Å². The maximum atomic E-state index is 10.9. The predicted octanol–water partition coefficient (Wildman–Crippen LogP) is 2.72. The third-order valence-electron chi connectivity index (χ3n) is 2.09. The first-order valence-electron chi connectivity index (χ1n) is 5.35. The molecular weight excluding hydrogens is 313 g/mol. The number of rotatable bonds is 7. The number of nitrogens with one attached hydrogen (secondary N) is 1. The third kappa shape index (κ3) is 6.85. The summed E-state index contributed by atoms with van der Waals surface area (Å²) in [6.07, 6.45) is 1.24. The summed E-state index contributed by atoms with van der Waals surface area (Å²) in [7, 11) is -2.88. The smallest absolute Gasteiger partial charge is 0.148 e. The highest BCUT2D eigenvalue weighted by Gasteiger charge is 2.02. The molecule has 0 fully saturated rings. The fraction of sp³-hybridized carbons (Fsp3) is 0.455. The van der Waals surface area contributed by atoms with E-state index in [1.165, 1.54) is 6.26 Å². The average molecular weight is 328 g/mol. The fourth-order valence-corrected chi connectivity index (χ4v) is 2.92. The summed E-state index contributed by atoms with van der Waals surface area (Å²) in [6.45, 7) is 1.24. The molecule has 0 bridgehead atoms. The molecule has 0 saturated heterocycles. The molecule has 0 aliphatic rings. The van der Waals surface area contributed by atoms with Crippen molar-refractivity contribution in [1.82, 2.24) is 5.32 Å². The highest BCUT2D eigenvalue weighted by Crippen LogP contribution is 2.27. The van der Waals surface area contributed by atoms with Gasteiger partial charge in [-0.25, -0.2) is 8.42 Å². The Bertz CT molecular complexity index is 492. The van der Waals surface area contributed by atoms with Crippen molar-refractivity contribution in [3.05, 3.63) is 28.2 Å². The van der Waals surface area contributed by atoms with E-state index in [2.05, 4.69) is 5.32 Å². The lowest BCUT2D eigenvalue weighted by Crippen LogP contribution is -2.24. The standard InChI is InChI=1S/C11H15Cl2NO2S2/c1-18(15,16)7-5-14-4-6-17-9-2-3-10(12)11(13)8-9/h2-3,8,14H,4-7H2,1H3. The molecule has 0 unspecified atom stereocenters. The van der Waals surface area contributed by atoms with Gasteiger partial charge in [-0.15, -0.1) is 11.8 Å². The van der Waals surface area contributed by atoms with Crippen molar-refractivity contribution < 1.29 is 8.42 Å². The molecule has 0 radical (unpaired) electrons. The summed E-state index contributed by atoms with van der Waals surface area (Å²) in [5.41, 5.74) is 0. The molecule has 0 atom stereocenters. The van der Waals surface area contributed by atoms with E-state index in [1.807, 2.05) is 12.1 Å². The second-order valence-electron chi connectivity index (χ2n) is 3.80. The molecule has 3 nitrogen and oxygen atoms in total. The molecule has 0 saturated carbocycles. The minimum absolute atomic E-state index is 0.171. The lowest BCUT2D eigenvalue weighted by molar-refractivity contribution is 0.598. The highest BCUT2D eigenvalue weighted by atomic mass is 35.5. The third-order valence-corrected chi connectivity index (χ3v) is 4.77. The SMILES string of the molecule is CS(=O)(=O)CCNCCSc1ccc(Cl)c(Cl)c1. The maximum absolute atomic E-state index is 10.9. The molecule has 0 heterocycles. The van der Waals surface area contributed by atoms with Gasteiger partial charge in [0.1, 0.15) is 9.84 Å². The Hall–Kier alpha value is 0.0600. The molecule has 0 spiro atoms. The largest absolute Gasteiger partial charge is 0.315 e. The molecule has 0 amide bonds. The van der Waals surface area contributed by atoms with Crippen molar-refractivity contribution in [3.63, 3.8) is 0 Å². The van der Waals surface area contributed by atoms with Gasteiger partial charge in [0.25, 0.3) is 0 Å². The minimum atomic E-state index is -2.88. The fourth-order valence-electron chi connectivity index (χ4n) is 1.19. The zero-order valence-electron chi connectivity index (χ0n) is 9.95. The van der Waals surface area contributed by atoms with Gasteiger partial charge in [0.05, 0.1) is 15.8 Å². The molecule has 0 aliphatic heterocycles. The van der Waals surface area contributed by atoms with E-state index in [4.69, 9.17) is 23.2 Å². The van der Waals surface area contributed by atoms with Crippen LogP contribution in [0.3, 0.4) is 0 Å². The quantitative estimate of drug-likeness (QED) is 0.617. The van der Waals surface area contributed by atoms with Gasteiger partial charge in [0.15, 0.2) is 0 Å². The first-order chi connectivity index (χ1) is 8.38. The van der Waals surface area contributed by atoms with E-state index in [9.17, 15) is 8.42 Å². The summed E-state index contributed by atoms with van der Waals surface area (Å²) in [6, 6.07) is 5.50. The maximum Gasteiger partial charge on any atom is 0.148 e. The number of halogens is 2. The van der Waals surface area contributed by atoms with E-state index < -0.39 is 9.84 Å². The topological polar surface area (TPSA) is 46.2 Å². The van der Waals surface area contributed by atoms with Crippen molar-refractivity contribution in [2.75, 3.05) is 30.9 Å². The van der Waals surface area contributed by atoms with E-state index >= 15 is 0 Å². The van der Waals surface area contributed by atoms with Gasteiger partial charge in [0, 0.05) is 30.0 Å². The summed E-state index contributed by atoms with van der Waals surface area (Å²) in [5.74, 6) is 1.02. The Kier molecular flexibility index (Phi) is 6.81. The van der Waals surface area contributed by atoms with Crippen molar-refractivity contribution in [2.45, 2.75) is 4.90 Å². The minimum Gasteiger partial charge on any atom is -0.315 e. The van der Waals surface area contributed by atoms with E-state index in [0.29, 0.717) is 16.6 Å². The highest BCUT2D eigenvalue weighted by molar-refractivity contribution is 7.99. The zero-order valence-corrected chi connectivity index (χ0v) is 13.1. The molecule has 102 valence electrons. The van der Waals surface area contributed by atoms with Crippen LogP contribution in [0.2, 0.25) is 10.0 Å². The monoisotopic (exact) mass is 327 g/mol. The zero-order chi connectivity index (χ0) is 13.6. The Morgan fingerprint density at radius 3 is 2.56 bits per heavy atom. The van der Waals surface area contributed by atoms with Crippen molar-refractivity contribution >= 4 is 44.8 Å². The number of sulfone groups is 1. The van der Waals surface area contributed by atoms with Crippen LogP contribution >= 0.6 is 35.0 Å². The van der Waals surface area contributed by atoms with E-state index in [-0.39, 0.29) is 5.75 Å². The van der Waals surface area contributed by atoms with Crippen LogP contribution in [-0.4, -0.2) is 39.3 Å². The van der Waals surface area contributed by atoms with Gasteiger partial charge < -0.3 is 5.32 Å². The van der Waals surface area contributed by atoms with Gasteiger partial charge in [-0.2, -0.15) is 0 Å². The van der Waals surface area contributed by atoms with Gasteiger partial charge >= 0.3 is 0 Å². The lowest BCUT2D eigenvalue weighted by atomic mass is 10.4. The first kappa shape index (κ1) is 16.1. The van der Waals surface area contributed by atoms with Crippen LogP contribution in [-0.2, 0) is 9.84 Å². The molecular formula is C11H15Cl2NO2S2. The van der Waals surface area contributed by atoms with E-state index in [0.717, 1.165) is 17.2 Å². The number of hydrogen-bond acceptors (Lipinski definition) is 4. The molecule has 1 rings (SSSR count). The average Bonchev–Trinajstić information content (AvgIpc) is 2.26. The van der Waals surface area contributed by atoms with Crippen LogP contribution in [0.25, 0.3) is 0 Å². The van der Waals surface area contributed by atoms with Crippen molar-refractivity contribution in [2.24, 2.45) is 0 Å². The molecule has 1 N–H and O–H groups in total. The summed E-state index contributed by atoms with van der Waals surface area (Å²) >= 11 is 13.4. The number of hydrogen-bond donors (Lipinski definition) is 1. The Morgan fingerprint density at radius 1 is 1.22 bits per heavy atom. The molecule has 18 heavy (non-hydrogen) atoms. The Balaban J connectivity index is 2.20.